The van der Waals surface area contributed by atoms with Crippen molar-refractivity contribution in [1.29, 1.82) is 0 Å². The summed E-state index contributed by atoms with van der Waals surface area (Å²) < 4.78 is 46.1. The van der Waals surface area contributed by atoms with Crippen LogP contribution in [0.5, 0.6) is 5.75 Å². The summed E-state index contributed by atoms with van der Waals surface area (Å²) in [6, 6.07) is 15.9. The minimum absolute atomic E-state index is 0.0530. The molecule has 2 aliphatic rings. The molecule has 2 aromatic carbocycles. The van der Waals surface area contributed by atoms with Crippen LogP contribution in [-0.4, -0.2) is 48.2 Å². The van der Waals surface area contributed by atoms with Gasteiger partial charge in [0, 0.05) is 37.5 Å². The van der Waals surface area contributed by atoms with E-state index in [4.69, 9.17) is 4.74 Å². The Labute approximate surface area is 190 Å². The van der Waals surface area contributed by atoms with Gasteiger partial charge in [-0.3, -0.25) is 9.80 Å². The van der Waals surface area contributed by atoms with E-state index >= 15 is 0 Å². The van der Waals surface area contributed by atoms with Crippen molar-refractivity contribution in [3.8, 4) is 5.75 Å². The topological polar surface area (TPSA) is 65.4 Å². The highest BCUT2D eigenvalue weighted by molar-refractivity contribution is 5.95. The normalized spacial score (nSPS) is 21.8. The van der Waals surface area contributed by atoms with Gasteiger partial charge in [-0.15, -0.1) is 0 Å². The molecule has 4 rings (SSSR count). The predicted molar refractivity (Wildman–Crippen MR) is 120 cm³/mol. The van der Waals surface area contributed by atoms with Gasteiger partial charge in [0.25, 0.3) is 0 Å². The number of para-hydroxylation sites is 1. The molecular weight excluding hydrogens is 435 g/mol. The highest BCUT2D eigenvalue weighted by Gasteiger charge is 2.48. The van der Waals surface area contributed by atoms with Crippen LogP contribution in [-0.2, 0) is 4.79 Å². The fourth-order valence-electron chi connectivity index (χ4n) is 4.42. The van der Waals surface area contributed by atoms with Crippen molar-refractivity contribution in [3.05, 3.63) is 54.6 Å². The van der Waals surface area contributed by atoms with Crippen molar-refractivity contribution >= 4 is 23.1 Å². The Morgan fingerprint density at radius 3 is 2.27 bits per heavy atom. The summed E-state index contributed by atoms with van der Waals surface area (Å²) in [5, 5.41) is 14.1. The van der Waals surface area contributed by atoms with Crippen molar-refractivity contribution in [2.24, 2.45) is 11.0 Å². The zero-order chi connectivity index (χ0) is 23.6. The first-order valence-corrected chi connectivity index (χ1v) is 11.0. The van der Waals surface area contributed by atoms with Gasteiger partial charge < -0.3 is 14.7 Å². The molecule has 33 heavy (non-hydrogen) atoms. The first-order valence-electron chi connectivity index (χ1n) is 11.0. The van der Waals surface area contributed by atoms with E-state index in [2.05, 4.69) is 22.1 Å². The standard InChI is InChI=1S/C24H26F3N3O3/c1-16-21(15-22(31)32)30(28-23(16)24(25,26)27)18-7-9-19(10-8-18)33-20-11-13-29(14-12-20)17-5-3-2-4-6-17/h2-10,16,20-21H,11-15H2,1H3,(H,31,32). The van der Waals surface area contributed by atoms with E-state index in [0.29, 0.717) is 11.4 Å². The molecule has 0 saturated carbocycles. The van der Waals surface area contributed by atoms with Crippen LogP contribution in [0.15, 0.2) is 59.7 Å². The second-order valence-corrected chi connectivity index (χ2v) is 8.42. The fraction of sp³-hybridized carbons (Fsp3) is 0.417. The summed E-state index contributed by atoms with van der Waals surface area (Å²) in [6.45, 7) is 3.12. The van der Waals surface area contributed by atoms with Crippen LogP contribution >= 0.6 is 0 Å². The molecular formula is C24H26F3N3O3. The predicted octanol–water partition coefficient (Wildman–Crippen LogP) is 4.95. The van der Waals surface area contributed by atoms with Gasteiger partial charge in [0.1, 0.15) is 17.6 Å². The maximum atomic E-state index is 13.3. The van der Waals surface area contributed by atoms with E-state index in [0.717, 1.165) is 25.9 Å². The number of hydrogen-bond acceptors (Lipinski definition) is 5. The van der Waals surface area contributed by atoms with Crippen molar-refractivity contribution in [3.63, 3.8) is 0 Å². The number of benzene rings is 2. The molecule has 0 amide bonds. The highest BCUT2D eigenvalue weighted by atomic mass is 19.4. The minimum Gasteiger partial charge on any atom is -0.490 e. The van der Waals surface area contributed by atoms with Gasteiger partial charge in [0.15, 0.2) is 0 Å². The average Bonchev–Trinajstić information content (AvgIpc) is 3.11. The van der Waals surface area contributed by atoms with Crippen LogP contribution < -0.4 is 14.6 Å². The maximum Gasteiger partial charge on any atom is 0.431 e. The Balaban J connectivity index is 1.41. The molecule has 0 radical (unpaired) electrons. The molecule has 1 N–H and O–H groups in total. The number of carbonyl (C=O) groups is 1. The lowest BCUT2D eigenvalue weighted by Gasteiger charge is -2.33. The summed E-state index contributed by atoms with van der Waals surface area (Å²) in [5.41, 5.74) is 0.632. The van der Waals surface area contributed by atoms with Gasteiger partial charge in [-0.25, -0.2) is 0 Å². The molecule has 176 valence electrons. The zero-order valence-corrected chi connectivity index (χ0v) is 18.2. The third-order valence-corrected chi connectivity index (χ3v) is 6.18. The summed E-state index contributed by atoms with van der Waals surface area (Å²) in [5.74, 6) is -1.59. The molecule has 2 unspecified atom stereocenters. The first kappa shape index (κ1) is 22.9. The van der Waals surface area contributed by atoms with Crippen LogP contribution in [0.25, 0.3) is 0 Å². The van der Waals surface area contributed by atoms with Crippen LogP contribution in [0.2, 0.25) is 0 Å². The van der Waals surface area contributed by atoms with Crippen LogP contribution in [0.4, 0.5) is 24.5 Å². The largest absolute Gasteiger partial charge is 0.490 e. The number of alkyl halides is 3. The number of halogens is 3. The summed E-state index contributed by atoms with van der Waals surface area (Å²) >= 11 is 0. The SMILES string of the molecule is CC1C(C(F)(F)F)=NN(c2ccc(OC3CCN(c4ccccc4)CC3)cc2)C1CC(=O)O. The molecule has 6 nitrogen and oxygen atoms in total. The summed E-state index contributed by atoms with van der Waals surface area (Å²) in [4.78, 5) is 13.6. The van der Waals surface area contributed by atoms with Crippen LogP contribution in [0.1, 0.15) is 26.2 Å². The monoisotopic (exact) mass is 461 g/mol. The van der Waals surface area contributed by atoms with Gasteiger partial charge in [0.05, 0.1) is 18.2 Å². The fourth-order valence-corrected chi connectivity index (χ4v) is 4.42. The second-order valence-electron chi connectivity index (χ2n) is 8.42. The number of rotatable bonds is 6. The molecule has 0 aliphatic carbocycles. The Bertz CT molecular complexity index is 988. The molecule has 2 aromatic rings. The third kappa shape index (κ3) is 5.23. The second kappa shape index (κ2) is 9.33. The third-order valence-electron chi connectivity index (χ3n) is 6.18. The quantitative estimate of drug-likeness (QED) is 0.659. The van der Waals surface area contributed by atoms with E-state index in [1.54, 1.807) is 24.3 Å². The molecule has 2 aliphatic heterocycles. The van der Waals surface area contributed by atoms with E-state index in [-0.39, 0.29) is 6.10 Å². The van der Waals surface area contributed by atoms with Gasteiger partial charge in [-0.05, 0) is 36.4 Å². The molecule has 0 bridgehead atoms. The lowest BCUT2D eigenvalue weighted by atomic mass is 9.94. The molecule has 2 heterocycles. The number of anilines is 2. The number of carboxylic acid groups (broad SMARTS) is 1. The van der Waals surface area contributed by atoms with Crippen molar-refractivity contribution < 1.29 is 27.8 Å². The number of carboxylic acids is 1. The van der Waals surface area contributed by atoms with Gasteiger partial charge in [-0.2, -0.15) is 18.3 Å². The van der Waals surface area contributed by atoms with E-state index < -0.39 is 36.2 Å². The molecule has 1 saturated heterocycles. The molecule has 2 atom stereocenters. The van der Waals surface area contributed by atoms with Crippen molar-refractivity contribution in [2.45, 2.75) is 44.5 Å². The minimum atomic E-state index is -4.61. The Morgan fingerprint density at radius 1 is 1.06 bits per heavy atom. The molecule has 1 fully saturated rings. The van der Waals surface area contributed by atoms with E-state index in [1.807, 2.05) is 18.2 Å². The van der Waals surface area contributed by atoms with E-state index in [9.17, 15) is 23.1 Å². The smallest absolute Gasteiger partial charge is 0.431 e. The number of ether oxygens (including phenoxy) is 1. The van der Waals surface area contributed by atoms with Crippen molar-refractivity contribution in [1.82, 2.24) is 0 Å². The number of nitrogens with zero attached hydrogens (tertiary/aromatic N) is 3. The molecule has 0 aromatic heterocycles. The number of piperidine rings is 1. The first-order chi connectivity index (χ1) is 15.7. The van der Waals surface area contributed by atoms with E-state index in [1.165, 1.54) is 17.6 Å². The molecule has 0 spiro atoms. The summed E-state index contributed by atoms with van der Waals surface area (Å²) in [7, 11) is 0. The average molecular weight is 461 g/mol. The van der Waals surface area contributed by atoms with Gasteiger partial charge >= 0.3 is 12.1 Å². The lowest BCUT2D eigenvalue weighted by Crippen LogP contribution is -2.38. The van der Waals surface area contributed by atoms with Crippen molar-refractivity contribution in [2.75, 3.05) is 23.0 Å². The highest BCUT2D eigenvalue weighted by Crippen LogP contribution is 2.37. The lowest BCUT2D eigenvalue weighted by molar-refractivity contribution is -0.137. The Hall–Kier alpha value is -3.23. The maximum absolute atomic E-state index is 13.3. The number of hydrogen-bond donors (Lipinski definition) is 1. The van der Waals surface area contributed by atoms with Crippen LogP contribution in [0.3, 0.4) is 0 Å². The summed E-state index contributed by atoms with van der Waals surface area (Å²) in [6.07, 6.45) is -3.27. The molecule has 9 heteroatoms. The van der Waals surface area contributed by atoms with Gasteiger partial charge in [-0.1, -0.05) is 25.1 Å². The van der Waals surface area contributed by atoms with Crippen LogP contribution in [0, 0.1) is 5.92 Å². The number of hydrazone groups is 1. The van der Waals surface area contributed by atoms with Gasteiger partial charge in [0.2, 0.25) is 0 Å². The number of aliphatic carboxylic acids is 1. The Morgan fingerprint density at radius 2 is 1.70 bits per heavy atom. The zero-order valence-electron chi connectivity index (χ0n) is 18.2. The Kier molecular flexibility index (Phi) is 6.49.